The predicted octanol–water partition coefficient (Wildman–Crippen LogP) is 1.76. The van der Waals surface area contributed by atoms with E-state index in [2.05, 4.69) is 53.4 Å². The van der Waals surface area contributed by atoms with Crippen LogP contribution in [0.1, 0.15) is 46.0 Å². The molecular weight excluding hydrogens is 274 g/mol. The van der Waals surface area contributed by atoms with Gasteiger partial charge < -0.3 is 15.5 Å². The molecule has 130 valence electrons. The van der Waals surface area contributed by atoms with E-state index >= 15 is 0 Å². The van der Waals surface area contributed by atoms with Crippen molar-refractivity contribution >= 4 is 5.96 Å². The number of hydrogen-bond acceptors (Lipinski definition) is 3. The van der Waals surface area contributed by atoms with Crippen LogP contribution in [-0.4, -0.2) is 75.2 Å². The number of hydrogen-bond donors (Lipinski definition) is 2. The van der Waals surface area contributed by atoms with Crippen molar-refractivity contribution in [2.45, 2.75) is 58.0 Å². The third-order valence-corrected chi connectivity index (χ3v) is 4.58. The molecule has 1 saturated heterocycles. The number of guanidine groups is 1. The van der Waals surface area contributed by atoms with Crippen LogP contribution in [0.15, 0.2) is 4.99 Å². The van der Waals surface area contributed by atoms with Crippen molar-refractivity contribution < 1.29 is 0 Å². The number of unbranched alkanes of at least 4 members (excludes halogenated alkanes) is 3. The van der Waals surface area contributed by atoms with Gasteiger partial charge in [-0.25, -0.2) is 0 Å². The SMILES string of the molecule is CCCCCCC(C)NC(=NC)NCC1CN(C)CCN1C. The highest BCUT2D eigenvalue weighted by atomic mass is 15.3. The van der Waals surface area contributed by atoms with Gasteiger partial charge in [-0.15, -0.1) is 0 Å². The van der Waals surface area contributed by atoms with E-state index in [-0.39, 0.29) is 0 Å². The quantitative estimate of drug-likeness (QED) is 0.407. The third-order valence-electron chi connectivity index (χ3n) is 4.58. The molecule has 1 rings (SSSR count). The zero-order chi connectivity index (χ0) is 16.4. The Morgan fingerprint density at radius 3 is 2.68 bits per heavy atom. The second-order valence-electron chi connectivity index (χ2n) is 6.74. The van der Waals surface area contributed by atoms with E-state index in [0.717, 1.165) is 32.1 Å². The van der Waals surface area contributed by atoms with Crippen LogP contribution in [0.4, 0.5) is 0 Å². The van der Waals surface area contributed by atoms with E-state index in [1.807, 2.05) is 7.05 Å². The van der Waals surface area contributed by atoms with Crippen molar-refractivity contribution in [2.75, 3.05) is 47.3 Å². The zero-order valence-corrected chi connectivity index (χ0v) is 15.4. The second-order valence-corrected chi connectivity index (χ2v) is 6.74. The average Bonchev–Trinajstić information content (AvgIpc) is 2.51. The summed E-state index contributed by atoms with van der Waals surface area (Å²) in [5.41, 5.74) is 0. The molecule has 0 aliphatic carbocycles. The molecule has 2 N–H and O–H groups in total. The maximum atomic E-state index is 4.36. The summed E-state index contributed by atoms with van der Waals surface area (Å²) in [7, 11) is 6.27. The average molecular weight is 312 g/mol. The smallest absolute Gasteiger partial charge is 0.191 e. The summed E-state index contributed by atoms with van der Waals surface area (Å²) in [5.74, 6) is 0.935. The first-order chi connectivity index (χ1) is 10.6. The minimum atomic E-state index is 0.481. The van der Waals surface area contributed by atoms with Crippen molar-refractivity contribution in [1.29, 1.82) is 0 Å². The van der Waals surface area contributed by atoms with Gasteiger partial charge in [0.15, 0.2) is 5.96 Å². The Hall–Kier alpha value is -0.810. The number of aliphatic imine (C=N–C) groups is 1. The number of nitrogens with one attached hydrogen (secondary N) is 2. The summed E-state index contributed by atoms with van der Waals surface area (Å²) in [6, 6.07) is 1.03. The summed E-state index contributed by atoms with van der Waals surface area (Å²) >= 11 is 0. The van der Waals surface area contributed by atoms with Crippen LogP contribution in [0.25, 0.3) is 0 Å². The first kappa shape index (κ1) is 19.2. The fourth-order valence-corrected chi connectivity index (χ4v) is 2.91. The van der Waals surface area contributed by atoms with Crippen molar-refractivity contribution in [3.63, 3.8) is 0 Å². The Labute approximate surface area is 137 Å². The molecule has 1 heterocycles. The van der Waals surface area contributed by atoms with Gasteiger partial charge in [0.25, 0.3) is 0 Å². The molecule has 1 fully saturated rings. The maximum absolute atomic E-state index is 4.36. The molecule has 0 aromatic carbocycles. The van der Waals surface area contributed by atoms with Gasteiger partial charge in [0.05, 0.1) is 0 Å². The fourth-order valence-electron chi connectivity index (χ4n) is 2.91. The second kappa shape index (κ2) is 10.8. The molecule has 2 atom stereocenters. The lowest BCUT2D eigenvalue weighted by atomic mass is 10.1. The normalized spacial score (nSPS) is 22.6. The molecule has 5 nitrogen and oxygen atoms in total. The number of nitrogens with zero attached hydrogens (tertiary/aromatic N) is 3. The Kier molecular flexibility index (Phi) is 9.48. The number of piperazine rings is 1. The Bertz CT molecular complexity index is 318. The van der Waals surface area contributed by atoms with Crippen LogP contribution in [0.2, 0.25) is 0 Å². The summed E-state index contributed by atoms with van der Waals surface area (Å²) < 4.78 is 0. The lowest BCUT2D eigenvalue weighted by Crippen LogP contribution is -2.55. The molecule has 0 aromatic heterocycles. The standard InChI is InChI=1S/C17H37N5/c1-6-7-8-9-10-15(2)20-17(18-3)19-13-16-14-21(4)11-12-22(16)5/h15-16H,6-14H2,1-5H3,(H2,18,19,20). The summed E-state index contributed by atoms with van der Waals surface area (Å²) in [6.07, 6.45) is 6.51. The molecule has 0 radical (unpaired) electrons. The van der Waals surface area contributed by atoms with E-state index in [9.17, 15) is 0 Å². The molecule has 0 spiro atoms. The van der Waals surface area contributed by atoms with Crippen molar-refractivity contribution in [3.8, 4) is 0 Å². The van der Waals surface area contributed by atoms with Crippen molar-refractivity contribution in [3.05, 3.63) is 0 Å². The van der Waals surface area contributed by atoms with Crippen LogP contribution >= 0.6 is 0 Å². The van der Waals surface area contributed by atoms with Crippen molar-refractivity contribution in [1.82, 2.24) is 20.4 Å². The third kappa shape index (κ3) is 7.45. The maximum Gasteiger partial charge on any atom is 0.191 e. The summed E-state index contributed by atoms with van der Waals surface area (Å²) in [6.45, 7) is 8.88. The zero-order valence-electron chi connectivity index (χ0n) is 15.4. The minimum Gasteiger partial charge on any atom is -0.355 e. The largest absolute Gasteiger partial charge is 0.355 e. The Morgan fingerprint density at radius 2 is 2.00 bits per heavy atom. The highest BCUT2D eigenvalue weighted by Crippen LogP contribution is 2.06. The van der Waals surface area contributed by atoms with Crippen LogP contribution in [0.3, 0.4) is 0 Å². The van der Waals surface area contributed by atoms with E-state index in [0.29, 0.717) is 12.1 Å². The van der Waals surface area contributed by atoms with Gasteiger partial charge in [-0.3, -0.25) is 9.89 Å². The van der Waals surface area contributed by atoms with Crippen molar-refractivity contribution in [2.24, 2.45) is 4.99 Å². The topological polar surface area (TPSA) is 42.9 Å². The van der Waals surface area contributed by atoms with Crippen LogP contribution in [0, 0.1) is 0 Å². The first-order valence-corrected chi connectivity index (χ1v) is 8.92. The van der Waals surface area contributed by atoms with Crippen LogP contribution in [-0.2, 0) is 0 Å². The van der Waals surface area contributed by atoms with E-state index in [4.69, 9.17) is 0 Å². The van der Waals surface area contributed by atoms with Gasteiger partial charge in [0.2, 0.25) is 0 Å². The highest BCUT2D eigenvalue weighted by Gasteiger charge is 2.22. The molecule has 5 heteroatoms. The summed E-state index contributed by atoms with van der Waals surface area (Å²) in [4.78, 5) is 9.20. The fraction of sp³-hybridized carbons (Fsp3) is 0.941. The molecule has 2 unspecified atom stereocenters. The number of rotatable bonds is 8. The Morgan fingerprint density at radius 1 is 1.23 bits per heavy atom. The molecular formula is C17H37N5. The van der Waals surface area contributed by atoms with Gasteiger partial charge >= 0.3 is 0 Å². The first-order valence-electron chi connectivity index (χ1n) is 8.92. The molecule has 0 saturated carbocycles. The van der Waals surface area contributed by atoms with Crippen LogP contribution in [0.5, 0.6) is 0 Å². The lowest BCUT2D eigenvalue weighted by Gasteiger charge is -2.38. The highest BCUT2D eigenvalue weighted by molar-refractivity contribution is 5.79. The van der Waals surface area contributed by atoms with Gasteiger partial charge in [-0.05, 0) is 27.4 Å². The van der Waals surface area contributed by atoms with E-state index in [1.54, 1.807) is 0 Å². The molecule has 0 amide bonds. The molecule has 0 aromatic rings. The Balaban J connectivity index is 2.26. The number of likely N-dealkylation sites (N-methyl/N-ethyl adjacent to an activating group) is 2. The monoisotopic (exact) mass is 311 g/mol. The molecule has 22 heavy (non-hydrogen) atoms. The molecule has 1 aliphatic heterocycles. The van der Waals surface area contributed by atoms with Crippen LogP contribution < -0.4 is 10.6 Å². The predicted molar refractivity (Wildman–Crippen MR) is 96.6 cm³/mol. The minimum absolute atomic E-state index is 0.481. The van der Waals surface area contributed by atoms with Gasteiger partial charge in [0.1, 0.15) is 0 Å². The summed E-state index contributed by atoms with van der Waals surface area (Å²) in [5, 5.41) is 7.01. The molecule has 1 aliphatic rings. The van der Waals surface area contributed by atoms with E-state index in [1.165, 1.54) is 32.1 Å². The lowest BCUT2D eigenvalue weighted by molar-refractivity contribution is 0.116. The molecule has 0 bridgehead atoms. The van der Waals surface area contributed by atoms with Gasteiger partial charge in [0, 0.05) is 45.3 Å². The van der Waals surface area contributed by atoms with Gasteiger partial charge in [-0.1, -0.05) is 32.6 Å². The van der Waals surface area contributed by atoms with E-state index < -0.39 is 0 Å². The van der Waals surface area contributed by atoms with Gasteiger partial charge in [-0.2, -0.15) is 0 Å².